The molecule has 0 saturated carbocycles. The largest absolute Gasteiger partial charge is 0.469 e. The molecule has 2 atom stereocenters. The van der Waals surface area contributed by atoms with Gasteiger partial charge in [0.25, 0.3) is 0 Å². The van der Waals surface area contributed by atoms with Crippen LogP contribution in [-0.2, 0) is 25.4 Å². The summed E-state index contributed by atoms with van der Waals surface area (Å²) >= 11 is 0. The molecule has 2 aromatic rings. The van der Waals surface area contributed by atoms with Crippen molar-refractivity contribution in [2.75, 3.05) is 26.9 Å². The molecule has 0 aliphatic carbocycles. The zero-order chi connectivity index (χ0) is 21.2. The lowest BCUT2D eigenvalue weighted by Crippen LogP contribution is -2.45. The lowest BCUT2D eigenvalue weighted by molar-refractivity contribution is -0.212. The highest BCUT2D eigenvalue weighted by Crippen LogP contribution is 2.36. The Kier molecular flexibility index (Phi) is 8.43. The number of carbonyl (C=O) groups is 1. The number of ether oxygens (including phenoxy) is 3. The lowest BCUT2D eigenvalue weighted by Gasteiger charge is -2.34. The molecular formula is C25H33NO4. The second-order valence-corrected chi connectivity index (χ2v) is 7.82. The summed E-state index contributed by atoms with van der Waals surface area (Å²) in [5.41, 5.74) is 2.36. The van der Waals surface area contributed by atoms with Crippen molar-refractivity contribution in [3.63, 3.8) is 0 Å². The van der Waals surface area contributed by atoms with E-state index in [0.29, 0.717) is 32.1 Å². The fourth-order valence-corrected chi connectivity index (χ4v) is 4.08. The maximum atomic E-state index is 12.6. The van der Waals surface area contributed by atoms with Gasteiger partial charge in [-0.3, -0.25) is 4.79 Å². The van der Waals surface area contributed by atoms with Gasteiger partial charge in [0.1, 0.15) is 5.92 Å². The molecule has 162 valence electrons. The molecule has 3 rings (SSSR count). The predicted molar refractivity (Wildman–Crippen MR) is 117 cm³/mol. The molecule has 1 unspecified atom stereocenters. The summed E-state index contributed by atoms with van der Waals surface area (Å²) in [4.78, 5) is 12.6. The zero-order valence-electron chi connectivity index (χ0n) is 18.0. The van der Waals surface area contributed by atoms with E-state index in [0.717, 1.165) is 24.9 Å². The van der Waals surface area contributed by atoms with Crippen molar-refractivity contribution in [2.45, 2.75) is 44.4 Å². The van der Waals surface area contributed by atoms with Crippen LogP contribution in [-0.4, -0.2) is 38.6 Å². The topological polar surface area (TPSA) is 56.8 Å². The number of benzene rings is 2. The first-order valence-corrected chi connectivity index (χ1v) is 10.8. The molecule has 5 heteroatoms. The van der Waals surface area contributed by atoms with Gasteiger partial charge in [-0.1, -0.05) is 60.7 Å². The van der Waals surface area contributed by atoms with Crippen molar-refractivity contribution >= 4 is 5.97 Å². The second-order valence-electron chi connectivity index (χ2n) is 7.82. The van der Waals surface area contributed by atoms with Crippen LogP contribution in [0.2, 0.25) is 0 Å². The van der Waals surface area contributed by atoms with Crippen LogP contribution in [0.5, 0.6) is 0 Å². The van der Waals surface area contributed by atoms with E-state index in [9.17, 15) is 4.79 Å². The summed E-state index contributed by atoms with van der Waals surface area (Å²) < 4.78 is 17.2. The van der Waals surface area contributed by atoms with Crippen LogP contribution in [0.15, 0.2) is 60.7 Å². The molecule has 1 heterocycles. The van der Waals surface area contributed by atoms with Crippen molar-refractivity contribution in [3.05, 3.63) is 71.8 Å². The molecule has 5 nitrogen and oxygen atoms in total. The Balaban J connectivity index is 1.56. The molecule has 2 aromatic carbocycles. The highest BCUT2D eigenvalue weighted by atomic mass is 16.7. The van der Waals surface area contributed by atoms with Crippen LogP contribution >= 0.6 is 0 Å². The number of nitrogens with one attached hydrogen (secondary N) is 1. The van der Waals surface area contributed by atoms with Gasteiger partial charge in [-0.2, -0.15) is 0 Å². The molecule has 30 heavy (non-hydrogen) atoms. The smallest absolute Gasteiger partial charge is 0.314 e. The fraction of sp³-hybridized carbons (Fsp3) is 0.480. The molecule has 0 amide bonds. The van der Waals surface area contributed by atoms with Gasteiger partial charge in [-0.15, -0.1) is 0 Å². The van der Waals surface area contributed by atoms with Gasteiger partial charge in [0.2, 0.25) is 0 Å². The number of esters is 1. The van der Waals surface area contributed by atoms with E-state index in [1.165, 1.54) is 12.7 Å². The average Bonchev–Trinajstić information content (AvgIpc) is 3.27. The summed E-state index contributed by atoms with van der Waals surface area (Å²) in [5, 5.41) is 3.57. The van der Waals surface area contributed by atoms with Crippen LogP contribution in [0, 0.1) is 5.92 Å². The number of carbonyl (C=O) groups excluding carboxylic acids is 1. The monoisotopic (exact) mass is 411 g/mol. The van der Waals surface area contributed by atoms with Gasteiger partial charge >= 0.3 is 5.97 Å². The molecule has 0 radical (unpaired) electrons. The minimum Gasteiger partial charge on any atom is -0.469 e. The summed E-state index contributed by atoms with van der Waals surface area (Å²) in [6.45, 7) is 4.08. The Morgan fingerprint density at radius 2 is 1.67 bits per heavy atom. The highest BCUT2D eigenvalue weighted by Gasteiger charge is 2.48. The minimum atomic E-state index is -0.909. The lowest BCUT2D eigenvalue weighted by atomic mass is 9.87. The Hall–Kier alpha value is -2.21. The quantitative estimate of drug-likeness (QED) is 0.442. The number of methoxy groups -OCH3 is 1. The maximum absolute atomic E-state index is 12.6. The van der Waals surface area contributed by atoms with Crippen molar-refractivity contribution in [1.29, 1.82) is 0 Å². The van der Waals surface area contributed by atoms with Crippen molar-refractivity contribution in [1.82, 2.24) is 5.32 Å². The average molecular weight is 412 g/mol. The van der Waals surface area contributed by atoms with E-state index in [2.05, 4.69) is 36.5 Å². The minimum absolute atomic E-state index is 0.281. The first-order chi connectivity index (χ1) is 14.6. The third-order valence-electron chi connectivity index (χ3n) is 5.78. The molecule has 0 aromatic heterocycles. The molecule has 1 saturated heterocycles. The predicted octanol–water partition coefficient (Wildman–Crippen LogP) is 4.28. The second kappa shape index (κ2) is 11.3. The first kappa shape index (κ1) is 22.5. The van der Waals surface area contributed by atoms with Crippen LogP contribution in [0.25, 0.3) is 0 Å². The van der Waals surface area contributed by atoms with E-state index in [1.807, 2.05) is 36.4 Å². The van der Waals surface area contributed by atoms with Crippen molar-refractivity contribution < 1.29 is 19.0 Å². The molecule has 1 aliphatic rings. The van der Waals surface area contributed by atoms with E-state index in [1.54, 1.807) is 0 Å². The van der Waals surface area contributed by atoms with E-state index in [4.69, 9.17) is 14.2 Å². The first-order valence-electron chi connectivity index (χ1n) is 10.8. The Morgan fingerprint density at radius 1 is 1.03 bits per heavy atom. The van der Waals surface area contributed by atoms with E-state index < -0.39 is 11.7 Å². The normalized spacial score (nSPS) is 17.4. The summed E-state index contributed by atoms with van der Waals surface area (Å²) in [6, 6.07) is 20.7. The Labute approximate surface area is 179 Å². The van der Waals surface area contributed by atoms with Crippen molar-refractivity contribution in [3.8, 4) is 0 Å². The van der Waals surface area contributed by atoms with E-state index >= 15 is 0 Å². The van der Waals surface area contributed by atoms with Crippen LogP contribution < -0.4 is 5.32 Å². The van der Waals surface area contributed by atoms with Gasteiger partial charge in [-0.25, -0.2) is 0 Å². The zero-order valence-corrected chi connectivity index (χ0v) is 18.0. The number of hydrogen-bond acceptors (Lipinski definition) is 5. The summed E-state index contributed by atoms with van der Waals surface area (Å²) in [6.07, 6.45) is 3.08. The molecule has 0 spiro atoms. The molecular weight excluding hydrogens is 378 g/mol. The fourth-order valence-electron chi connectivity index (χ4n) is 4.08. The molecule has 1 N–H and O–H groups in total. The highest BCUT2D eigenvalue weighted by molar-refractivity contribution is 5.74. The third kappa shape index (κ3) is 5.91. The molecule has 1 aliphatic heterocycles. The van der Waals surface area contributed by atoms with Gasteiger partial charge in [0.05, 0.1) is 20.3 Å². The number of rotatable bonds is 11. The van der Waals surface area contributed by atoms with Gasteiger partial charge in [-0.05, 0) is 43.9 Å². The van der Waals surface area contributed by atoms with Gasteiger partial charge in [0, 0.05) is 12.5 Å². The van der Waals surface area contributed by atoms with Gasteiger partial charge < -0.3 is 19.5 Å². The van der Waals surface area contributed by atoms with Gasteiger partial charge in [0.15, 0.2) is 5.79 Å². The summed E-state index contributed by atoms with van der Waals surface area (Å²) in [7, 11) is 1.43. The third-order valence-corrected chi connectivity index (χ3v) is 5.78. The Morgan fingerprint density at radius 3 is 2.30 bits per heavy atom. The molecule has 1 fully saturated rings. The van der Waals surface area contributed by atoms with Crippen LogP contribution in [0.3, 0.4) is 0 Å². The van der Waals surface area contributed by atoms with Crippen LogP contribution in [0.4, 0.5) is 0 Å². The standard InChI is InChI=1S/C25H33NO4/c1-20(22-13-7-4-8-14-22)26-16-10-9-15-25(29-17-18-30-25)23(24(27)28-2)19-21-11-5-3-6-12-21/h3-8,11-14,20,23,26H,9-10,15-19H2,1-2H3/t20-,23?/m0/s1. The maximum Gasteiger partial charge on any atom is 0.314 e. The number of unbranched alkanes of at least 4 members (excludes halogenated alkanes) is 1. The molecule has 0 bridgehead atoms. The SMILES string of the molecule is COC(=O)C(Cc1ccccc1)C1(CCCCN[C@@H](C)c2ccccc2)OCCO1. The van der Waals surface area contributed by atoms with Crippen molar-refractivity contribution in [2.24, 2.45) is 5.92 Å². The van der Waals surface area contributed by atoms with Crippen LogP contribution in [0.1, 0.15) is 43.4 Å². The Bertz CT molecular complexity index is 759. The summed E-state index contributed by atoms with van der Waals surface area (Å²) in [5.74, 6) is -1.67. The van der Waals surface area contributed by atoms with E-state index in [-0.39, 0.29) is 5.97 Å². The number of hydrogen-bond donors (Lipinski definition) is 1.